The number of rotatable bonds is 2. The monoisotopic (exact) mass is 297 g/mol. The Morgan fingerprint density at radius 1 is 1.14 bits per heavy atom. The molecule has 0 aromatic heterocycles. The first-order valence-corrected chi connectivity index (χ1v) is 7.77. The molecule has 2 aliphatic rings. The Kier molecular flexibility index (Phi) is 4.76. The molecule has 0 spiro atoms. The van der Waals surface area contributed by atoms with Crippen LogP contribution in [0, 0.1) is 5.41 Å². The van der Waals surface area contributed by atoms with Gasteiger partial charge in [0.25, 0.3) is 0 Å². The van der Waals surface area contributed by atoms with Crippen LogP contribution in [0.25, 0.3) is 0 Å². The Labute approximate surface area is 126 Å². The number of carbonyl (C=O) groups excluding carboxylic acids is 1. The predicted molar refractivity (Wildman–Crippen MR) is 80.2 cm³/mol. The lowest BCUT2D eigenvalue weighted by atomic mass is 9.80. The lowest BCUT2D eigenvalue weighted by Gasteiger charge is -2.41. The molecule has 2 fully saturated rings. The van der Waals surface area contributed by atoms with Crippen LogP contribution in [0.2, 0.25) is 0 Å². The highest BCUT2D eigenvalue weighted by atomic mass is 16.4. The van der Waals surface area contributed by atoms with Gasteiger partial charge in [0.05, 0.1) is 5.41 Å². The molecule has 0 radical (unpaired) electrons. The summed E-state index contributed by atoms with van der Waals surface area (Å²) in [5.74, 6) is -0.752. The van der Waals surface area contributed by atoms with Gasteiger partial charge in [-0.1, -0.05) is 0 Å². The Hall–Kier alpha value is -1.30. The normalized spacial score (nSPS) is 23.9. The van der Waals surface area contributed by atoms with Crippen LogP contribution < -0.4 is 0 Å². The number of likely N-dealkylation sites (tertiary alicyclic amines) is 2. The van der Waals surface area contributed by atoms with E-state index in [0.29, 0.717) is 32.0 Å². The molecular weight excluding hydrogens is 270 g/mol. The Balaban J connectivity index is 1.88. The summed E-state index contributed by atoms with van der Waals surface area (Å²) < 4.78 is 0. The van der Waals surface area contributed by atoms with E-state index in [0.717, 1.165) is 25.9 Å². The molecule has 2 aliphatic heterocycles. The smallest absolute Gasteiger partial charge is 0.319 e. The van der Waals surface area contributed by atoms with Gasteiger partial charge < -0.3 is 19.8 Å². The maximum Gasteiger partial charge on any atom is 0.319 e. The summed E-state index contributed by atoms with van der Waals surface area (Å²) in [4.78, 5) is 29.7. The van der Waals surface area contributed by atoms with E-state index in [2.05, 4.69) is 11.9 Å². The van der Waals surface area contributed by atoms with Crippen molar-refractivity contribution in [2.45, 2.75) is 38.6 Å². The van der Waals surface area contributed by atoms with Crippen molar-refractivity contribution in [2.24, 2.45) is 5.41 Å². The largest absolute Gasteiger partial charge is 0.481 e. The first kappa shape index (κ1) is 16.1. The minimum atomic E-state index is -0.752. The van der Waals surface area contributed by atoms with E-state index >= 15 is 0 Å². The van der Waals surface area contributed by atoms with Gasteiger partial charge in [0.15, 0.2) is 0 Å². The van der Waals surface area contributed by atoms with E-state index in [4.69, 9.17) is 0 Å². The van der Waals surface area contributed by atoms with Crippen LogP contribution in [0.1, 0.15) is 32.6 Å². The molecule has 120 valence electrons. The van der Waals surface area contributed by atoms with Gasteiger partial charge in [-0.2, -0.15) is 0 Å². The highest BCUT2D eigenvalue weighted by Crippen LogP contribution is 2.31. The molecule has 0 atom stereocenters. The summed E-state index contributed by atoms with van der Waals surface area (Å²) in [5, 5.41) is 9.24. The molecule has 0 bridgehead atoms. The minimum absolute atomic E-state index is 0.0528. The second kappa shape index (κ2) is 6.22. The lowest BCUT2D eigenvalue weighted by Crippen LogP contribution is -2.53. The number of hydrogen-bond donors (Lipinski definition) is 1. The van der Waals surface area contributed by atoms with Gasteiger partial charge in [-0.25, -0.2) is 4.79 Å². The quantitative estimate of drug-likeness (QED) is 0.835. The van der Waals surface area contributed by atoms with E-state index in [-0.39, 0.29) is 6.03 Å². The second-order valence-electron chi connectivity index (χ2n) is 6.78. The number of aliphatic carboxylic acids is 1. The van der Waals surface area contributed by atoms with Crippen LogP contribution in [0.3, 0.4) is 0 Å². The Morgan fingerprint density at radius 3 is 2.14 bits per heavy atom. The van der Waals surface area contributed by atoms with Gasteiger partial charge in [-0.3, -0.25) is 4.79 Å². The van der Waals surface area contributed by atoms with Gasteiger partial charge in [-0.15, -0.1) is 0 Å². The first-order valence-electron chi connectivity index (χ1n) is 7.77. The van der Waals surface area contributed by atoms with E-state index < -0.39 is 11.4 Å². The standard InChI is InChI=1S/C15H27N3O3/c1-15(13(19)20)6-10-18(11-7-15)14(21)17(3)12-4-8-16(2)9-5-12/h12H,4-11H2,1-3H3,(H,19,20). The Morgan fingerprint density at radius 2 is 1.67 bits per heavy atom. The molecule has 2 rings (SSSR count). The van der Waals surface area contributed by atoms with Crippen LogP contribution in [-0.4, -0.2) is 78.1 Å². The van der Waals surface area contributed by atoms with Crippen molar-refractivity contribution in [2.75, 3.05) is 40.3 Å². The maximum atomic E-state index is 12.6. The molecule has 0 aliphatic carbocycles. The molecular formula is C15H27N3O3. The van der Waals surface area contributed by atoms with Gasteiger partial charge in [0.1, 0.15) is 0 Å². The molecule has 2 saturated heterocycles. The number of nitrogens with zero attached hydrogens (tertiary/aromatic N) is 3. The number of amides is 2. The van der Waals surface area contributed by atoms with E-state index in [1.165, 1.54) is 0 Å². The van der Waals surface area contributed by atoms with Gasteiger partial charge in [-0.05, 0) is 52.7 Å². The highest BCUT2D eigenvalue weighted by molar-refractivity contribution is 5.77. The van der Waals surface area contributed by atoms with Crippen molar-refractivity contribution in [3.8, 4) is 0 Å². The fourth-order valence-electron chi connectivity index (χ4n) is 3.17. The number of carboxylic acids is 1. The minimum Gasteiger partial charge on any atom is -0.481 e. The molecule has 2 heterocycles. The number of piperidine rings is 2. The molecule has 0 aromatic rings. The maximum absolute atomic E-state index is 12.6. The molecule has 0 aromatic carbocycles. The van der Waals surface area contributed by atoms with Crippen LogP contribution >= 0.6 is 0 Å². The number of hydrogen-bond acceptors (Lipinski definition) is 3. The third kappa shape index (κ3) is 3.48. The summed E-state index contributed by atoms with van der Waals surface area (Å²) in [6.45, 7) is 4.91. The fraction of sp³-hybridized carbons (Fsp3) is 0.867. The topological polar surface area (TPSA) is 64.1 Å². The predicted octanol–water partition coefficient (Wildman–Crippen LogP) is 1.32. The number of carbonyl (C=O) groups is 2. The first-order chi connectivity index (χ1) is 9.83. The van der Waals surface area contributed by atoms with Crippen molar-refractivity contribution in [1.82, 2.24) is 14.7 Å². The van der Waals surface area contributed by atoms with Crippen molar-refractivity contribution >= 4 is 12.0 Å². The van der Waals surface area contributed by atoms with Gasteiger partial charge in [0, 0.05) is 26.2 Å². The highest BCUT2D eigenvalue weighted by Gasteiger charge is 2.39. The molecule has 21 heavy (non-hydrogen) atoms. The van der Waals surface area contributed by atoms with Crippen molar-refractivity contribution < 1.29 is 14.7 Å². The van der Waals surface area contributed by atoms with Crippen LogP contribution in [-0.2, 0) is 4.79 Å². The summed E-state index contributed by atoms with van der Waals surface area (Å²) in [7, 11) is 3.98. The van der Waals surface area contributed by atoms with Crippen molar-refractivity contribution in [3.05, 3.63) is 0 Å². The zero-order valence-corrected chi connectivity index (χ0v) is 13.3. The molecule has 1 N–H and O–H groups in total. The average molecular weight is 297 g/mol. The van der Waals surface area contributed by atoms with E-state index in [9.17, 15) is 14.7 Å². The second-order valence-corrected chi connectivity index (χ2v) is 6.78. The zero-order chi connectivity index (χ0) is 15.6. The number of urea groups is 1. The summed E-state index contributed by atoms with van der Waals surface area (Å²) in [5.41, 5.74) is -0.678. The molecule has 0 unspecified atom stereocenters. The van der Waals surface area contributed by atoms with Crippen LogP contribution in [0.5, 0.6) is 0 Å². The lowest BCUT2D eigenvalue weighted by molar-refractivity contribution is -0.150. The van der Waals surface area contributed by atoms with Crippen molar-refractivity contribution in [1.29, 1.82) is 0 Å². The Bertz CT molecular complexity index is 397. The average Bonchev–Trinajstić information content (AvgIpc) is 2.47. The van der Waals surface area contributed by atoms with Crippen molar-refractivity contribution in [3.63, 3.8) is 0 Å². The summed E-state index contributed by atoms with van der Waals surface area (Å²) in [6.07, 6.45) is 3.10. The summed E-state index contributed by atoms with van der Waals surface area (Å²) >= 11 is 0. The fourth-order valence-corrected chi connectivity index (χ4v) is 3.17. The SMILES string of the molecule is CN1CCC(N(C)C(=O)N2CCC(C)(C(=O)O)CC2)CC1. The molecule has 0 saturated carbocycles. The number of carboxylic acid groups (broad SMARTS) is 1. The zero-order valence-electron chi connectivity index (χ0n) is 13.3. The van der Waals surface area contributed by atoms with Crippen LogP contribution in [0.4, 0.5) is 4.79 Å². The molecule has 6 heteroatoms. The van der Waals surface area contributed by atoms with Gasteiger partial charge >= 0.3 is 12.0 Å². The van der Waals surface area contributed by atoms with Gasteiger partial charge in [0.2, 0.25) is 0 Å². The van der Waals surface area contributed by atoms with Crippen LogP contribution in [0.15, 0.2) is 0 Å². The van der Waals surface area contributed by atoms with E-state index in [1.54, 1.807) is 6.92 Å². The third-order valence-corrected chi connectivity index (χ3v) is 5.19. The summed E-state index contributed by atoms with van der Waals surface area (Å²) in [6, 6.07) is 0.360. The third-order valence-electron chi connectivity index (χ3n) is 5.19. The van der Waals surface area contributed by atoms with E-state index in [1.807, 2.05) is 16.8 Å². The molecule has 6 nitrogen and oxygen atoms in total. The molecule has 2 amide bonds.